The number of nitrogens with one attached hydrogen (secondary N) is 1. The lowest BCUT2D eigenvalue weighted by atomic mass is 10.4. The number of sulfonamides is 1. The molecule has 0 bridgehead atoms. The van der Waals surface area contributed by atoms with Gasteiger partial charge in [-0.05, 0) is 38.5 Å². The maximum absolute atomic E-state index is 12.5. The third kappa shape index (κ3) is 3.07. The van der Waals surface area contributed by atoms with Crippen molar-refractivity contribution < 1.29 is 12.8 Å². The molecule has 112 valence electrons. The molecule has 0 spiro atoms. The molecule has 2 saturated carbocycles. The minimum Gasteiger partial charge on any atom is -0.464 e. The van der Waals surface area contributed by atoms with Gasteiger partial charge in [0.15, 0.2) is 0 Å². The van der Waals surface area contributed by atoms with Gasteiger partial charge in [0, 0.05) is 25.7 Å². The summed E-state index contributed by atoms with van der Waals surface area (Å²) in [4.78, 5) is 0.313. The Kier molecular flexibility index (Phi) is 3.64. The van der Waals surface area contributed by atoms with Gasteiger partial charge < -0.3 is 9.73 Å². The number of hydrogen-bond acceptors (Lipinski definition) is 4. The van der Waals surface area contributed by atoms with Crippen LogP contribution in [0.4, 0.5) is 0 Å². The van der Waals surface area contributed by atoms with Crippen molar-refractivity contribution >= 4 is 10.0 Å². The van der Waals surface area contributed by atoms with Gasteiger partial charge in [-0.25, -0.2) is 12.7 Å². The lowest BCUT2D eigenvalue weighted by Crippen LogP contribution is -2.29. The number of aryl methyl sites for hydroxylation is 1. The quantitative estimate of drug-likeness (QED) is 0.835. The van der Waals surface area contributed by atoms with Gasteiger partial charge >= 0.3 is 0 Å². The summed E-state index contributed by atoms with van der Waals surface area (Å²) in [6, 6.07) is 2.25. The van der Waals surface area contributed by atoms with Gasteiger partial charge in [0.25, 0.3) is 0 Å². The summed E-state index contributed by atoms with van der Waals surface area (Å²) in [5.41, 5.74) is 0. The van der Waals surface area contributed by atoms with Crippen molar-refractivity contribution in [1.82, 2.24) is 9.62 Å². The Balaban J connectivity index is 1.73. The van der Waals surface area contributed by atoms with Gasteiger partial charge in [-0.15, -0.1) is 0 Å². The van der Waals surface area contributed by atoms with Crippen LogP contribution >= 0.6 is 0 Å². The van der Waals surface area contributed by atoms with Crippen LogP contribution < -0.4 is 5.32 Å². The minimum absolute atomic E-state index is 0.313. The highest BCUT2D eigenvalue weighted by atomic mass is 32.2. The lowest BCUT2D eigenvalue weighted by Gasteiger charge is -2.15. The second-order valence-electron chi connectivity index (χ2n) is 6.02. The predicted molar refractivity (Wildman–Crippen MR) is 75.8 cm³/mol. The number of hydrogen-bond donors (Lipinski definition) is 1. The zero-order chi connectivity index (χ0) is 14.3. The summed E-state index contributed by atoms with van der Waals surface area (Å²) < 4.78 is 32.1. The molecule has 0 amide bonds. The minimum atomic E-state index is -3.42. The van der Waals surface area contributed by atoms with Gasteiger partial charge in [-0.2, -0.15) is 0 Å². The molecule has 0 radical (unpaired) electrons. The molecular weight excluding hydrogens is 276 g/mol. The van der Waals surface area contributed by atoms with E-state index < -0.39 is 10.0 Å². The van der Waals surface area contributed by atoms with Crippen LogP contribution in [0.15, 0.2) is 15.4 Å². The zero-order valence-corrected chi connectivity index (χ0v) is 12.9. The van der Waals surface area contributed by atoms with E-state index in [2.05, 4.69) is 5.32 Å². The average Bonchev–Trinajstić information content (AvgIpc) is 3.28. The molecule has 5 nitrogen and oxygen atoms in total. The summed E-state index contributed by atoms with van der Waals surface area (Å²) in [5.74, 6) is 1.73. The Morgan fingerprint density at radius 2 is 2.05 bits per heavy atom. The van der Waals surface area contributed by atoms with Crippen molar-refractivity contribution in [1.29, 1.82) is 0 Å². The van der Waals surface area contributed by atoms with E-state index in [1.807, 2.05) is 0 Å². The number of rotatable bonds is 7. The van der Waals surface area contributed by atoms with Crippen molar-refractivity contribution in [2.24, 2.45) is 5.92 Å². The Labute approximate surface area is 120 Å². The van der Waals surface area contributed by atoms with Crippen LogP contribution in [0.25, 0.3) is 0 Å². The first kappa shape index (κ1) is 14.1. The van der Waals surface area contributed by atoms with E-state index in [0.717, 1.165) is 12.8 Å². The lowest BCUT2D eigenvalue weighted by molar-refractivity contribution is 0.442. The molecule has 6 heteroatoms. The van der Waals surface area contributed by atoms with E-state index in [-0.39, 0.29) is 0 Å². The number of furan rings is 1. The normalized spacial score (nSPS) is 19.8. The van der Waals surface area contributed by atoms with Gasteiger partial charge in [-0.1, -0.05) is 0 Å². The van der Waals surface area contributed by atoms with Crippen LogP contribution in [0.2, 0.25) is 0 Å². The summed E-state index contributed by atoms with van der Waals surface area (Å²) in [6.07, 6.45) is 4.69. The van der Waals surface area contributed by atoms with E-state index in [1.165, 1.54) is 17.1 Å². The Morgan fingerprint density at radius 3 is 2.65 bits per heavy atom. The van der Waals surface area contributed by atoms with Crippen LogP contribution in [0, 0.1) is 12.8 Å². The molecule has 2 aliphatic rings. The van der Waals surface area contributed by atoms with Crippen molar-refractivity contribution in [2.75, 3.05) is 13.6 Å². The van der Waals surface area contributed by atoms with Crippen molar-refractivity contribution in [3.63, 3.8) is 0 Å². The van der Waals surface area contributed by atoms with Gasteiger partial charge in [0.05, 0.1) is 6.54 Å². The fraction of sp³-hybridized carbons (Fsp3) is 0.714. The van der Waals surface area contributed by atoms with Crippen LogP contribution in [-0.2, 0) is 16.6 Å². The smallest absolute Gasteiger partial charge is 0.246 e. The van der Waals surface area contributed by atoms with Gasteiger partial charge in [-0.3, -0.25) is 0 Å². The monoisotopic (exact) mass is 298 g/mol. The fourth-order valence-electron chi connectivity index (χ4n) is 2.33. The average molecular weight is 298 g/mol. The molecular formula is C14H22N2O3S. The maximum Gasteiger partial charge on any atom is 0.246 e. The molecule has 0 aliphatic heterocycles. The highest BCUT2D eigenvalue weighted by molar-refractivity contribution is 7.89. The topological polar surface area (TPSA) is 62.6 Å². The number of nitrogens with zero attached hydrogens (tertiary/aromatic N) is 1. The molecule has 2 fully saturated rings. The zero-order valence-electron chi connectivity index (χ0n) is 12.1. The molecule has 2 aliphatic carbocycles. The summed E-state index contributed by atoms with van der Waals surface area (Å²) in [6.45, 7) is 2.94. The molecule has 1 heterocycles. The SMILES string of the molecule is Cc1oc(CNC2CC2)cc1S(=O)(=O)N(C)CC1CC1. The van der Waals surface area contributed by atoms with Crippen LogP contribution in [0.3, 0.4) is 0 Å². The largest absolute Gasteiger partial charge is 0.464 e. The second-order valence-corrected chi connectivity index (χ2v) is 8.03. The molecule has 1 aromatic rings. The van der Waals surface area contributed by atoms with Gasteiger partial charge in [0.1, 0.15) is 16.4 Å². The van der Waals surface area contributed by atoms with E-state index in [1.54, 1.807) is 20.0 Å². The molecule has 0 aromatic carbocycles. The third-order valence-electron chi connectivity index (χ3n) is 3.97. The highest BCUT2D eigenvalue weighted by Gasteiger charge is 2.31. The molecule has 0 unspecified atom stereocenters. The first-order valence-electron chi connectivity index (χ1n) is 7.26. The molecule has 3 rings (SSSR count). The van der Waals surface area contributed by atoms with Crippen LogP contribution in [0.5, 0.6) is 0 Å². The van der Waals surface area contributed by atoms with Crippen LogP contribution in [0.1, 0.15) is 37.2 Å². The van der Waals surface area contributed by atoms with E-state index in [4.69, 9.17) is 4.42 Å². The molecule has 1 aromatic heterocycles. The van der Waals surface area contributed by atoms with E-state index >= 15 is 0 Å². The summed E-state index contributed by atoms with van der Waals surface area (Å²) in [7, 11) is -1.76. The van der Waals surface area contributed by atoms with Gasteiger partial charge in [0.2, 0.25) is 10.0 Å². The fourth-order valence-corrected chi connectivity index (χ4v) is 3.76. The first-order chi connectivity index (χ1) is 9.46. The summed E-state index contributed by atoms with van der Waals surface area (Å²) in [5, 5.41) is 3.33. The summed E-state index contributed by atoms with van der Waals surface area (Å²) >= 11 is 0. The molecule has 0 saturated heterocycles. The van der Waals surface area contributed by atoms with Crippen molar-refractivity contribution in [2.45, 2.75) is 50.1 Å². The first-order valence-corrected chi connectivity index (χ1v) is 8.70. The van der Waals surface area contributed by atoms with Crippen LogP contribution in [-0.4, -0.2) is 32.4 Å². The highest BCUT2D eigenvalue weighted by Crippen LogP contribution is 2.32. The molecule has 0 atom stereocenters. The van der Waals surface area contributed by atoms with E-state index in [9.17, 15) is 8.42 Å². The third-order valence-corrected chi connectivity index (χ3v) is 5.90. The van der Waals surface area contributed by atoms with E-state index in [0.29, 0.717) is 41.5 Å². The Morgan fingerprint density at radius 1 is 1.35 bits per heavy atom. The Hall–Kier alpha value is -0.850. The van der Waals surface area contributed by atoms with Crippen molar-refractivity contribution in [3.05, 3.63) is 17.6 Å². The van der Waals surface area contributed by atoms with Crippen molar-refractivity contribution in [3.8, 4) is 0 Å². The Bertz CT molecular complexity index is 586. The predicted octanol–water partition coefficient (Wildman–Crippen LogP) is 1.87. The molecule has 1 N–H and O–H groups in total. The molecule has 20 heavy (non-hydrogen) atoms. The second kappa shape index (κ2) is 5.16. The standard InChI is InChI=1S/C14H22N2O3S/c1-10-14(7-13(19-10)8-15-12-5-6-12)20(17,18)16(2)9-11-3-4-11/h7,11-12,15H,3-6,8-9H2,1-2H3. The maximum atomic E-state index is 12.5.